The van der Waals surface area contributed by atoms with Gasteiger partial charge in [0, 0.05) is 19.0 Å². The first kappa shape index (κ1) is 18.0. The third-order valence-electron chi connectivity index (χ3n) is 3.21. The van der Waals surface area contributed by atoms with Gasteiger partial charge in [-0.3, -0.25) is 15.1 Å². The van der Waals surface area contributed by atoms with Crippen molar-refractivity contribution in [1.82, 2.24) is 4.73 Å². The van der Waals surface area contributed by atoms with E-state index in [2.05, 4.69) is 9.73 Å². The first-order valence-corrected chi connectivity index (χ1v) is 7.39. The normalized spacial score (nSPS) is 11.2. The Morgan fingerprint density at radius 1 is 1.36 bits per heavy atom. The van der Waals surface area contributed by atoms with E-state index in [0.717, 1.165) is 6.20 Å². The molecule has 0 aliphatic rings. The van der Waals surface area contributed by atoms with Crippen molar-refractivity contribution in [2.24, 2.45) is 4.99 Å². The Kier molecular flexibility index (Phi) is 6.10. The van der Waals surface area contributed by atoms with Crippen LogP contribution in [-0.2, 0) is 4.74 Å². The molecule has 1 heterocycles. The second kappa shape index (κ2) is 8.48. The van der Waals surface area contributed by atoms with Gasteiger partial charge >= 0.3 is 5.97 Å². The highest BCUT2D eigenvalue weighted by atomic mass is 16.6. The molecule has 25 heavy (non-hydrogen) atoms. The third-order valence-corrected chi connectivity index (χ3v) is 3.21. The highest BCUT2D eigenvalue weighted by Gasteiger charge is 2.07. The van der Waals surface area contributed by atoms with Crippen molar-refractivity contribution in [3.8, 4) is 5.75 Å². The van der Waals surface area contributed by atoms with Gasteiger partial charge in [-0.1, -0.05) is 6.07 Å². The van der Waals surface area contributed by atoms with Gasteiger partial charge in [0.1, 0.15) is 5.75 Å². The number of hydrogen-bond acceptors (Lipinski definition) is 7. The van der Waals surface area contributed by atoms with Crippen LogP contribution in [0, 0.1) is 10.1 Å². The number of benzene rings is 1. The first-order chi connectivity index (χ1) is 12.0. The fraction of sp³-hybridized carbons (Fsp3) is 0.250. The quantitative estimate of drug-likeness (QED) is 0.268. The van der Waals surface area contributed by atoms with E-state index < -0.39 is 10.9 Å². The summed E-state index contributed by atoms with van der Waals surface area (Å²) in [5.74, 6) is 0.0779. The predicted octanol–water partition coefficient (Wildman–Crippen LogP) is 1.79. The molecule has 0 atom stereocenters. The van der Waals surface area contributed by atoms with Crippen LogP contribution in [0.1, 0.15) is 16.8 Å². The molecule has 0 saturated carbocycles. The van der Waals surface area contributed by atoms with Crippen LogP contribution in [0.4, 0.5) is 5.69 Å². The Morgan fingerprint density at radius 2 is 2.16 bits per heavy atom. The number of nitrogens with zero attached hydrogens (tertiary/aromatic N) is 3. The Balaban J connectivity index is 1.91. The summed E-state index contributed by atoms with van der Waals surface area (Å²) in [6, 6.07) is 8.95. The number of rotatable bonds is 7. The van der Waals surface area contributed by atoms with Gasteiger partial charge < -0.3 is 14.7 Å². The molecule has 0 bridgehead atoms. The van der Waals surface area contributed by atoms with Crippen LogP contribution in [0.25, 0.3) is 0 Å². The molecule has 1 N–H and O–H groups in total. The molecule has 0 spiro atoms. The van der Waals surface area contributed by atoms with Crippen LogP contribution in [-0.4, -0.2) is 41.1 Å². The number of esters is 1. The second-order valence-corrected chi connectivity index (χ2v) is 4.95. The Bertz CT molecular complexity index is 831. The van der Waals surface area contributed by atoms with Gasteiger partial charge in [0.25, 0.3) is 5.69 Å². The van der Waals surface area contributed by atoms with Crippen molar-refractivity contribution in [3.05, 3.63) is 63.8 Å². The van der Waals surface area contributed by atoms with E-state index in [9.17, 15) is 20.1 Å². The summed E-state index contributed by atoms with van der Waals surface area (Å²) in [6.45, 7) is 0.632. The highest BCUT2D eigenvalue weighted by Crippen LogP contribution is 2.14. The average molecular weight is 347 g/mol. The number of nitro groups is 1. The monoisotopic (exact) mass is 347 g/mol. The van der Waals surface area contributed by atoms with Crippen LogP contribution < -0.4 is 10.2 Å². The summed E-state index contributed by atoms with van der Waals surface area (Å²) >= 11 is 0. The molecule has 1 aromatic carbocycles. The predicted molar refractivity (Wildman–Crippen MR) is 86.6 cm³/mol. The molecular weight excluding hydrogens is 330 g/mol. The summed E-state index contributed by atoms with van der Waals surface area (Å²) < 4.78 is 10.9. The maximum atomic E-state index is 11.4. The number of ether oxygens (including phenoxy) is 2. The van der Waals surface area contributed by atoms with Crippen molar-refractivity contribution in [2.45, 2.75) is 6.42 Å². The smallest absolute Gasteiger partial charge is 0.337 e. The number of pyridine rings is 1. The zero-order valence-corrected chi connectivity index (χ0v) is 13.5. The number of carbonyl (C=O) groups excluding carboxylic acids is 1. The van der Waals surface area contributed by atoms with E-state index in [-0.39, 0.29) is 11.2 Å². The lowest BCUT2D eigenvalue weighted by Crippen LogP contribution is -2.19. The lowest BCUT2D eigenvalue weighted by atomic mass is 10.2. The summed E-state index contributed by atoms with van der Waals surface area (Å²) in [5, 5.41) is 20.3. The average Bonchev–Trinajstić information content (AvgIpc) is 2.62. The Hall–Kier alpha value is -3.36. The topological polar surface area (TPSA) is 116 Å². The molecule has 0 aliphatic heterocycles. The summed E-state index contributed by atoms with van der Waals surface area (Å²) in [7, 11) is 1.30. The van der Waals surface area contributed by atoms with Gasteiger partial charge in [-0.15, -0.1) is 0 Å². The molecule has 0 aliphatic carbocycles. The van der Waals surface area contributed by atoms with Crippen molar-refractivity contribution < 1.29 is 24.4 Å². The Morgan fingerprint density at radius 3 is 2.88 bits per heavy atom. The maximum Gasteiger partial charge on any atom is 0.337 e. The Labute approximate surface area is 142 Å². The molecule has 1 aromatic heterocycles. The second-order valence-electron chi connectivity index (χ2n) is 4.95. The van der Waals surface area contributed by atoms with Gasteiger partial charge in [0.2, 0.25) is 0 Å². The number of methoxy groups -OCH3 is 1. The molecule has 2 rings (SSSR count). The highest BCUT2D eigenvalue weighted by molar-refractivity contribution is 5.89. The van der Waals surface area contributed by atoms with E-state index in [0.29, 0.717) is 35.6 Å². The molecule has 0 unspecified atom stereocenters. The molecule has 2 aromatic rings. The first-order valence-electron chi connectivity index (χ1n) is 7.39. The van der Waals surface area contributed by atoms with E-state index in [1.165, 1.54) is 19.2 Å². The van der Waals surface area contributed by atoms with Gasteiger partial charge in [0.15, 0.2) is 5.49 Å². The van der Waals surface area contributed by atoms with E-state index in [1.807, 2.05) is 0 Å². The molecule has 0 fully saturated rings. The summed E-state index contributed by atoms with van der Waals surface area (Å²) in [5.41, 5.74) is 0.324. The van der Waals surface area contributed by atoms with Crippen LogP contribution in [0.15, 0.2) is 47.6 Å². The fourth-order valence-corrected chi connectivity index (χ4v) is 1.98. The molecule has 132 valence electrons. The van der Waals surface area contributed by atoms with Gasteiger partial charge in [0.05, 0.1) is 36.5 Å². The molecular formula is C16H17N3O6. The number of aromatic nitrogens is 1. The summed E-state index contributed by atoms with van der Waals surface area (Å²) in [4.78, 5) is 25.7. The zero-order valence-electron chi connectivity index (χ0n) is 13.5. The molecule has 9 heteroatoms. The van der Waals surface area contributed by atoms with Crippen molar-refractivity contribution >= 4 is 11.7 Å². The minimum Gasteiger partial charge on any atom is -0.494 e. The molecule has 9 nitrogen and oxygen atoms in total. The van der Waals surface area contributed by atoms with Crippen molar-refractivity contribution in [2.75, 3.05) is 20.3 Å². The fourth-order valence-electron chi connectivity index (χ4n) is 1.98. The van der Waals surface area contributed by atoms with Crippen molar-refractivity contribution in [3.63, 3.8) is 0 Å². The minimum absolute atomic E-state index is 0.0851. The summed E-state index contributed by atoms with van der Waals surface area (Å²) in [6.07, 6.45) is 1.68. The molecule has 0 amide bonds. The lowest BCUT2D eigenvalue weighted by Gasteiger charge is -2.06. The lowest BCUT2D eigenvalue weighted by molar-refractivity contribution is -0.385. The molecule has 0 radical (unpaired) electrons. The van der Waals surface area contributed by atoms with Crippen LogP contribution in [0.5, 0.6) is 5.75 Å². The van der Waals surface area contributed by atoms with Crippen LogP contribution in [0.3, 0.4) is 0 Å². The van der Waals surface area contributed by atoms with E-state index in [1.54, 1.807) is 24.3 Å². The van der Waals surface area contributed by atoms with Crippen molar-refractivity contribution in [1.29, 1.82) is 0 Å². The SMILES string of the molecule is COC(=O)c1cccc(OCCCN=c2cc([N+](=O)[O-])ccn2O)c1. The van der Waals surface area contributed by atoms with Gasteiger partial charge in [-0.05, 0) is 18.2 Å². The number of hydrogen-bond donors (Lipinski definition) is 1. The molecule has 0 saturated heterocycles. The third kappa shape index (κ3) is 5.06. The van der Waals surface area contributed by atoms with E-state index >= 15 is 0 Å². The standard InChI is InChI=1S/C16H17N3O6/c1-24-16(20)12-4-2-5-14(10-12)25-9-3-7-17-15-11-13(19(22)23)6-8-18(15)21/h2,4-6,8,10-11,21H,3,7,9H2,1H3. The number of carbonyl (C=O) groups is 1. The van der Waals surface area contributed by atoms with E-state index in [4.69, 9.17) is 4.74 Å². The largest absolute Gasteiger partial charge is 0.494 e. The van der Waals surface area contributed by atoms with Gasteiger partial charge in [-0.2, -0.15) is 4.73 Å². The minimum atomic E-state index is -0.559. The van der Waals surface area contributed by atoms with Crippen LogP contribution >= 0.6 is 0 Å². The van der Waals surface area contributed by atoms with Crippen LogP contribution in [0.2, 0.25) is 0 Å². The maximum absolute atomic E-state index is 11.4. The van der Waals surface area contributed by atoms with Gasteiger partial charge in [-0.25, -0.2) is 4.79 Å². The zero-order chi connectivity index (χ0) is 18.2.